The van der Waals surface area contributed by atoms with Gasteiger partial charge in [0.15, 0.2) is 0 Å². The minimum absolute atomic E-state index is 0.0752. The molecule has 0 atom stereocenters. The van der Waals surface area contributed by atoms with Gasteiger partial charge in [0.2, 0.25) is 5.95 Å². The monoisotopic (exact) mass is 1750 g/mol. The van der Waals surface area contributed by atoms with Crippen molar-refractivity contribution in [1.29, 1.82) is 0 Å². The predicted octanol–water partition coefficient (Wildman–Crippen LogP) is 32.2. The van der Waals surface area contributed by atoms with Crippen LogP contribution in [0.2, 0.25) is 0 Å². The van der Waals surface area contributed by atoms with Crippen molar-refractivity contribution in [2.45, 2.75) is 33.1 Å². The molecule has 4 aliphatic rings. The van der Waals surface area contributed by atoms with Crippen molar-refractivity contribution in [3.8, 4) is 135 Å². The van der Waals surface area contributed by atoms with E-state index < -0.39 is 0 Å². The number of ether oxygens (including phenoxy) is 1. The lowest BCUT2D eigenvalue weighted by atomic mass is 9.82. The molecule has 0 bridgehead atoms. The fraction of sp³-hybridized carbons (Fsp3) is 0.0427. The van der Waals surface area contributed by atoms with Crippen LogP contribution in [0, 0.1) is 13.8 Å². The Hall–Kier alpha value is -16.9. The van der Waals surface area contributed by atoms with Gasteiger partial charge in [-0.05, 0) is 242 Å². The number of hydrogen-bond donors (Lipinski definition) is 0. The van der Waals surface area contributed by atoms with Crippen LogP contribution in [0.15, 0.2) is 395 Å². The smallest absolute Gasteiger partial charge is 0.238 e. The second kappa shape index (κ2) is 30.6. The van der Waals surface area contributed by atoms with E-state index in [9.17, 15) is 0 Å². The molecule has 0 radical (unpaired) electrons. The predicted molar refractivity (Wildman–Crippen MR) is 542 cm³/mol. The third-order valence-corrected chi connectivity index (χ3v) is 28.3. The van der Waals surface area contributed by atoms with Crippen molar-refractivity contribution in [2.24, 2.45) is 0 Å². The lowest BCUT2D eigenvalue weighted by molar-refractivity contribution is 0.494. The summed E-state index contributed by atoms with van der Waals surface area (Å²) in [6.07, 6.45) is 18.0. The fourth-order valence-corrected chi connectivity index (χ4v) is 22.1. The van der Waals surface area contributed by atoms with Crippen molar-refractivity contribution in [2.75, 3.05) is 9.80 Å². The molecule has 24 aromatic rings. The average Bonchev–Trinajstić information content (AvgIpc) is 1.57. The molecule has 0 N–H and O–H groups in total. The van der Waals surface area contributed by atoms with Crippen LogP contribution in [0.3, 0.4) is 0 Å². The quantitative estimate of drug-likeness (QED) is 0.143. The molecule has 14 heterocycles. The lowest BCUT2D eigenvalue weighted by Crippen LogP contribution is -2.16. The number of aryl methyl sites for hydroxylation is 2. The van der Waals surface area contributed by atoms with Gasteiger partial charge in [0.05, 0.1) is 58.3 Å². The van der Waals surface area contributed by atoms with Gasteiger partial charge in [0.1, 0.15) is 57.4 Å². The van der Waals surface area contributed by atoms with Gasteiger partial charge in [-0.15, -0.1) is 22.7 Å². The van der Waals surface area contributed by atoms with E-state index in [0.29, 0.717) is 17.6 Å². The number of anilines is 6. The summed E-state index contributed by atoms with van der Waals surface area (Å²) in [5, 5.41) is 12.0. The van der Waals surface area contributed by atoms with E-state index in [1.165, 1.54) is 42.4 Å². The SMILES string of the molecule is CC1(C)C=Cc2cc3c(cc21)-c1ccc2c(ccn2-c2cc(-c4ccccc4)ccn2)c1Oc1ccc2c(ccn2-c2cc(-c4ccccc4)ccn2)c1-3.Cc1nc(C)nc(N2c3ccc4ccsc4c3-c3ccc4ccoc4c3-c3ccc4sccc4c32)n1.c1ccc(-c2cccc(N3c4ccc5c(-c6ccccc6)coc5c4-c4ccccc4-c4ccc5occc5c43)n2)cc1. The maximum absolute atomic E-state index is 7.15. The maximum Gasteiger partial charge on any atom is 0.238 e. The molecule has 1 aliphatic carbocycles. The van der Waals surface area contributed by atoms with E-state index in [4.69, 9.17) is 42.9 Å². The second-order valence-electron chi connectivity index (χ2n) is 34.6. The average molecular weight is 1750 g/mol. The molecule has 28 rings (SSSR count). The first-order valence-corrected chi connectivity index (χ1v) is 46.2. The Labute approximate surface area is 771 Å². The van der Waals surface area contributed by atoms with Gasteiger partial charge in [0, 0.05) is 122 Å². The van der Waals surface area contributed by atoms with Crippen molar-refractivity contribution >= 4 is 138 Å². The van der Waals surface area contributed by atoms with Crippen LogP contribution in [0.4, 0.5) is 34.5 Å². The molecule has 0 spiro atoms. The van der Waals surface area contributed by atoms with Crippen LogP contribution in [-0.2, 0) is 5.41 Å². The number of furan rings is 3. The molecule has 0 unspecified atom stereocenters. The minimum Gasteiger partial charge on any atom is -0.464 e. The molecule has 13 aromatic carbocycles. The molecule has 0 saturated carbocycles. The summed E-state index contributed by atoms with van der Waals surface area (Å²) in [4.78, 5) is 33.6. The van der Waals surface area contributed by atoms with Gasteiger partial charge >= 0.3 is 0 Å². The maximum atomic E-state index is 7.15. The summed E-state index contributed by atoms with van der Waals surface area (Å²) >= 11 is 3.50. The number of hydrogen-bond acceptors (Lipinski definition) is 14. The number of benzene rings is 13. The van der Waals surface area contributed by atoms with Crippen LogP contribution < -0.4 is 14.5 Å². The summed E-state index contributed by atoms with van der Waals surface area (Å²) in [5.74, 6) is 6.26. The Morgan fingerprint density at radius 3 is 1.77 bits per heavy atom. The van der Waals surface area contributed by atoms with E-state index in [1.807, 2.05) is 75.0 Å². The summed E-state index contributed by atoms with van der Waals surface area (Å²) in [5.41, 5.74) is 33.5. The van der Waals surface area contributed by atoms with Crippen LogP contribution in [0.25, 0.3) is 204 Å². The van der Waals surface area contributed by atoms with Crippen molar-refractivity contribution in [3.05, 3.63) is 405 Å². The number of aromatic nitrogens is 8. The van der Waals surface area contributed by atoms with E-state index in [1.54, 1.807) is 35.2 Å². The highest BCUT2D eigenvalue weighted by Crippen LogP contribution is 2.61. The second-order valence-corrected chi connectivity index (χ2v) is 36.4. The van der Waals surface area contributed by atoms with Crippen LogP contribution in [0.5, 0.6) is 11.5 Å². The van der Waals surface area contributed by atoms with E-state index >= 15 is 0 Å². The zero-order valence-electron chi connectivity index (χ0n) is 72.4. The lowest BCUT2D eigenvalue weighted by Gasteiger charge is -2.27. The molecule has 0 amide bonds. The molecule has 630 valence electrons. The Morgan fingerprint density at radius 2 is 1.01 bits per heavy atom. The largest absolute Gasteiger partial charge is 0.464 e. The molecular weight excluding hydrogens is 1670 g/mol. The topological polar surface area (TPSA) is 142 Å². The first-order chi connectivity index (χ1) is 65.5. The van der Waals surface area contributed by atoms with Gasteiger partial charge in [0.25, 0.3) is 0 Å². The number of rotatable bonds is 8. The van der Waals surface area contributed by atoms with Crippen molar-refractivity contribution < 1.29 is 18.0 Å². The Bertz CT molecular complexity index is 8880. The Kier molecular flexibility index (Phi) is 17.8. The number of nitrogens with zero attached hydrogens (tertiary/aromatic N) is 10. The molecule has 0 saturated heterocycles. The van der Waals surface area contributed by atoms with Crippen LogP contribution >= 0.6 is 22.7 Å². The van der Waals surface area contributed by atoms with Gasteiger partial charge in [-0.25, -0.2) is 19.9 Å². The van der Waals surface area contributed by atoms with Gasteiger partial charge in [-0.3, -0.25) is 9.80 Å². The van der Waals surface area contributed by atoms with E-state index in [-0.39, 0.29) is 5.41 Å². The third-order valence-electron chi connectivity index (χ3n) is 26.5. The van der Waals surface area contributed by atoms with E-state index in [2.05, 4.69) is 352 Å². The number of thiophene rings is 2. The highest BCUT2D eigenvalue weighted by molar-refractivity contribution is 7.18. The Morgan fingerprint density at radius 1 is 0.361 bits per heavy atom. The van der Waals surface area contributed by atoms with Gasteiger partial charge < -0.3 is 27.1 Å². The fourth-order valence-electron chi connectivity index (χ4n) is 20.4. The Balaban J connectivity index is 0.000000107. The summed E-state index contributed by atoms with van der Waals surface area (Å²) in [7, 11) is 0. The summed E-state index contributed by atoms with van der Waals surface area (Å²) in [6, 6.07) is 113. The van der Waals surface area contributed by atoms with Gasteiger partial charge in [-0.2, -0.15) is 9.97 Å². The normalized spacial score (nSPS) is 12.9. The first kappa shape index (κ1) is 77.2. The summed E-state index contributed by atoms with van der Waals surface area (Å²) < 4.78 is 32.5. The molecule has 16 heteroatoms. The number of fused-ring (bicyclic) bond motifs is 30. The van der Waals surface area contributed by atoms with Gasteiger partial charge in [-0.1, -0.05) is 202 Å². The molecule has 133 heavy (non-hydrogen) atoms. The number of pyridine rings is 3. The molecular formula is C117H76N10O4S2. The van der Waals surface area contributed by atoms with Crippen LogP contribution in [0.1, 0.15) is 36.6 Å². The minimum atomic E-state index is -0.0752. The molecule has 14 nitrogen and oxygen atoms in total. The van der Waals surface area contributed by atoms with Crippen molar-refractivity contribution in [3.63, 3.8) is 0 Å². The first-order valence-electron chi connectivity index (χ1n) is 44.4. The molecule has 11 aromatic heterocycles. The highest BCUT2D eigenvalue weighted by Gasteiger charge is 2.37. The number of allylic oxidation sites excluding steroid dienone is 1. The third kappa shape index (κ3) is 12.6. The standard InChI is InChI=1S/C49H34N4O.C39H24N2O2.C29H18N4OS2/c1-49(2)22-17-35-27-40-39(30-41(35)49)36-13-14-43-38(21-26-53(43)46-29-34(19-24-51-46)32-11-7-4-8-12-32)48(36)54-44-16-15-42-37(47(40)44)20-25-52(42)45-28-33(18-23-50-45)31-9-5-3-6-10-31;1-3-10-25(11-4-1)32-24-43-39-30(32)18-20-34-37(39)28-15-8-7-14-27(28)29-19-21-35-31(22-23-42-35)38(29)41(34)36-17-9-16-33(40-36)26-12-5-2-6-13-26;1-15-30-16(2)32-29(31-15)33-22-7-4-18-10-13-36-28(18)25(22)20-5-3-17-9-12-34-27(17)24(20)21-6-8-23-19(26(21)33)11-14-35-23/h3-30H,1-2H3;1-24H;3-14H,1-2H3. The summed E-state index contributed by atoms with van der Waals surface area (Å²) in [6.45, 7) is 8.43. The van der Waals surface area contributed by atoms with Crippen molar-refractivity contribution in [1.82, 2.24) is 39.0 Å². The van der Waals surface area contributed by atoms with Crippen LogP contribution in [-0.4, -0.2) is 39.0 Å². The zero-order chi connectivity index (χ0) is 88.3. The highest BCUT2D eigenvalue weighted by atomic mass is 32.1. The molecule has 0 fully saturated rings. The van der Waals surface area contributed by atoms with E-state index in [0.717, 1.165) is 207 Å². The zero-order valence-corrected chi connectivity index (χ0v) is 74.0. The molecule has 3 aliphatic heterocycles.